The molecule has 0 aliphatic carbocycles. The molecule has 0 atom stereocenters. The Kier molecular flexibility index (Phi) is 5.87. The van der Waals surface area contributed by atoms with E-state index in [0.717, 1.165) is 42.7 Å². The number of benzene rings is 2. The van der Waals surface area contributed by atoms with E-state index in [2.05, 4.69) is 39.3 Å². The first kappa shape index (κ1) is 19.5. The van der Waals surface area contributed by atoms with Crippen LogP contribution in [-0.4, -0.2) is 59.8 Å². The Bertz CT molecular complexity index is 963. The number of imidazole rings is 1. The monoisotopic (exact) mass is 407 g/mol. The van der Waals surface area contributed by atoms with Crippen molar-refractivity contribution in [3.63, 3.8) is 0 Å². The van der Waals surface area contributed by atoms with Crippen LogP contribution >= 0.6 is 11.8 Å². The highest BCUT2D eigenvalue weighted by atomic mass is 32.2. The fourth-order valence-electron chi connectivity index (χ4n) is 3.48. The van der Waals surface area contributed by atoms with E-state index in [9.17, 15) is 4.79 Å². The Hall–Kier alpha value is -2.77. The number of nitrogens with zero attached hydrogens (tertiary/aromatic N) is 4. The van der Waals surface area contributed by atoms with Crippen LogP contribution in [0, 0.1) is 0 Å². The molecule has 1 aliphatic heterocycles. The molecule has 1 amide bonds. The SMILES string of the molecule is CSc1ncc(C(=O)Nc2ccc(N3CCN(C)CC3)cc2)n1-c1ccccc1. The van der Waals surface area contributed by atoms with Crippen molar-refractivity contribution in [3.05, 3.63) is 66.5 Å². The van der Waals surface area contributed by atoms with Crippen molar-refractivity contribution < 1.29 is 4.79 Å². The number of hydrogen-bond donors (Lipinski definition) is 1. The van der Waals surface area contributed by atoms with Crippen LogP contribution in [0.4, 0.5) is 11.4 Å². The molecule has 29 heavy (non-hydrogen) atoms. The molecule has 7 heteroatoms. The third-order valence-electron chi connectivity index (χ3n) is 5.15. The third-order valence-corrected chi connectivity index (χ3v) is 5.81. The smallest absolute Gasteiger partial charge is 0.274 e. The van der Waals surface area contributed by atoms with Crippen molar-refractivity contribution in [2.45, 2.75) is 5.16 Å². The van der Waals surface area contributed by atoms with Crippen LogP contribution in [0.5, 0.6) is 0 Å². The lowest BCUT2D eigenvalue weighted by Gasteiger charge is -2.34. The summed E-state index contributed by atoms with van der Waals surface area (Å²) in [6.45, 7) is 4.19. The van der Waals surface area contributed by atoms with Crippen LogP contribution in [0.3, 0.4) is 0 Å². The average Bonchev–Trinajstić information content (AvgIpc) is 3.20. The second-order valence-corrected chi connectivity index (χ2v) is 7.87. The van der Waals surface area contributed by atoms with Crippen LogP contribution in [0.25, 0.3) is 5.69 Å². The minimum Gasteiger partial charge on any atom is -0.369 e. The van der Waals surface area contributed by atoms with Gasteiger partial charge in [0.05, 0.1) is 6.20 Å². The second kappa shape index (κ2) is 8.71. The number of aromatic nitrogens is 2. The van der Waals surface area contributed by atoms with Gasteiger partial charge in [0.15, 0.2) is 5.16 Å². The van der Waals surface area contributed by atoms with Crippen molar-refractivity contribution in [2.24, 2.45) is 0 Å². The minimum absolute atomic E-state index is 0.172. The summed E-state index contributed by atoms with van der Waals surface area (Å²) in [7, 11) is 2.15. The maximum absolute atomic E-state index is 13.0. The number of amides is 1. The summed E-state index contributed by atoms with van der Waals surface area (Å²) < 4.78 is 1.89. The lowest BCUT2D eigenvalue weighted by atomic mass is 10.2. The summed E-state index contributed by atoms with van der Waals surface area (Å²) >= 11 is 1.52. The topological polar surface area (TPSA) is 53.4 Å². The van der Waals surface area contributed by atoms with Gasteiger partial charge in [-0.25, -0.2) is 4.98 Å². The van der Waals surface area contributed by atoms with E-state index < -0.39 is 0 Å². The number of carbonyl (C=O) groups excluding carboxylic acids is 1. The molecule has 4 rings (SSSR count). The van der Waals surface area contributed by atoms with Crippen LogP contribution < -0.4 is 10.2 Å². The highest BCUT2D eigenvalue weighted by Crippen LogP contribution is 2.23. The van der Waals surface area contributed by atoms with Gasteiger partial charge in [-0.1, -0.05) is 30.0 Å². The number of para-hydroxylation sites is 1. The fraction of sp³-hybridized carbons (Fsp3) is 0.273. The molecule has 1 N–H and O–H groups in total. The number of rotatable bonds is 5. The summed E-state index contributed by atoms with van der Waals surface area (Å²) in [4.78, 5) is 22.1. The summed E-state index contributed by atoms with van der Waals surface area (Å²) in [5.74, 6) is -0.172. The van der Waals surface area contributed by atoms with Gasteiger partial charge in [-0.2, -0.15) is 0 Å². The molecule has 2 heterocycles. The van der Waals surface area contributed by atoms with Crippen molar-refractivity contribution in [3.8, 4) is 5.69 Å². The zero-order valence-electron chi connectivity index (χ0n) is 16.7. The molecule has 1 aromatic heterocycles. The Morgan fingerprint density at radius 3 is 2.31 bits per heavy atom. The number of likely N-dealkylation sites (N-methyl/N-ethyl adjacent to an activating group) is 1. The van der Waals surface area contributed by atoms with Gasteiger partial charge in [-0.05, 0) is 49.7 Å². The fourth-order valence-corrected chi connectivity index (χ4v) is 4.03. The number of piperazine rings is 1. The quantitative estimate of drug-likeness (QED) is 0.655. The van der Waals surface area contributed by atoms with Gasteiger partial charge < -0.3 is 15.1 Å². The van der Waals surface area contributed by atoms with Gasteiger partial charge in [-0.15, -0.1) is 0 Å². The number of anilines is 2. The van der Waals surface area contributed by atoms with E-state index in [-0.39, 0.29) is 5.91 Å². The number of nitrogens with one attached hydrogen (secondary N) is 1. The molecule has 0 unspecified atom stereocenters. The highest BCUT2D eigenvalue weighted by Gasteiger charge is 2.18. The molecule has 1 aliphatic rings. The van der Waals surface area contributed by atoms with E-state index in [1.807, 2.05) is 53.3 Å². The summed E-state index contributed by atoms with van der Waals surface area (Å²) in [5, 5.41) is 3.79. The molecular formula is C22H25N5OS. The van der Waals surface area contributed by atoms with Gasteiger partial charge >= 0.3 is 0 Å². The molecule has 6 nitrogen and oxygen atoms in total. The predicted molar refractivity (Wildman–Crippen MR) is 119 cm³/mol. The first-order valence-corrected chi connectivity index (χ1v) is 10.9. The second-order valence-electron chi connectivity index (χ2n) is 7.09. The van der Waals surface area contributed by atoms with E-state index in [1.54, 1.807) is 6.20 Å². The first-order valence-electron chi connectivity index (χ1n) is 9.68. The van der Waals surface area contributed by atoms with Crippen molar-refractivity contribution >= 4 is 29.0 Å². The number of thioether (sulfide) groups is 1. The van der Waals surface area contributed by atoms with E-state index in [1.165, 1.54) is 17.4 Å². The van der Waals surface area contributed by atoms with Crippen molar-refractivity contribution in [2.75, 3.05) is 49.7 Å². The largest absolute Gasteiger partial charge is 0.369 e. The van der Waals surface area contributed by atoms with Crippen LogP contribution in [0.1, 0.15) is 10.5 Å². The van der Waals surface area contributed by atoms with Gasteiger partial charge in [0.2, 0.25) is 0 Å². The minimum atomic E-state index is -0.172. The lowest BCUT2D eigenvalue weighted by molar-refractivity contribution is 0.102. The van der Waals surface area contributed by atoms with Crippen molar-refractivity contribution in [1.82, 2.24) is 14.5 Å². The molecule has 0 spiro atoms. The zero-order chi connectivity index (χ0) is 20.2. The van der Waals surface area contributed by atoms with Gasteiger partial charge in [0, 0.05) is 43.2 Å². The summed E-state index contributed by atoms with van der Waals surface area (Å²) in [6.07, 6.45) is 3.59. The Labute approximate surface area is 175 Å². The standard InChI is InChI=1S/C22H25N5OS/c1-25-12-14-26(15-13-25)18-10-8-17(9-11-18)24-21(28)20-16-23-22(29-2)27(20)19-6-4-3-5-7-19/h3-11,16H,12-15H2,1-2H3,(H,24,28). The summed E-state index contributed by atoms with van der Waals surface area (Å²) in [6, 6.07) is 17.9. The molecule has 0 radical (unpaired) electrons. The van der Waals surface area contributed by atoms with Crippen LogP contribution in [0.15, 0.2) is 66.0 Å². The lowest BCUT2D eigenvalue weighted by Crippen LogP contribution is -2.44. The van der Waals surface area contributed by atoms with Gasteiger partial charge in [0.25, 0.3) is 5.91 Å². The first-order chi connectivity index (χ1) is 14.2. The predicted octanol–water partition coefficient (Wildman–Crippen LogP) is 3.60. The van der Waals surface area contributed by atoms with E-state index >= 15 is 0 Å². The highest BCUT2D eigenvalue weighted by molar-refractivity contribution is 7.98. The third kappa shape index (κ3) is 4.31. The van der Waals surface area contributed by atoms with Gasteiger partial charge in [0.1, 0.15) is 5.69 Å². The normalized spacial score (nSPS) is 14.8. The van der Waals surface area contributed by atoms with Gasteiger partial charge in [-0.3, -0.25) is 9.36 Å². The molecule has 150 valence electrons. The number of hydrogen-bond acceptors (Lipinski definition) is 5. The molecule has 1 fully saturated rings. The Morgan fingerprint density at radius 2 is 1.66 bits per heavy atom. The molecule has 3 aromatic rings. The Balaban J connectivity index is 1.51. The maximum atomic E-state index is 13.0. The zero-order valence-corrected chi connectivity index (χ0v) is 17.5. The van der Waals surface area contributed by atoms with Crippen molar-refractivity contribution in [1.29, 1.82) is 0 Å². The van der Waals surface area contributed by atoms with E-state index in [0.29, 0.717) is 5.69 Å². The Morgan fingerprint density at radius 1 is 0.966 bits per heavy atom. The average molecular weight is 408 g/mol. The molecule has 2 aromatic carbocycles. The van der Waals surface area contributed by atoms with Crippen LogP contribution in [-0.2, 0) is 0 Å². The summed E-state index contributed by atoms with van der Waals surface area (Å²) in [5.41, 5.74) is 3.41. The molecule has 0 bridgehead atoms. The van der Waals surface area contributed by atoms with Crippen LogP contribution in [0.2, 0.25) is 0 Å². The molecular weight excluding hydrogens is 382 g/mol. The number of carbonyl (C=O) groups is 1. The molecule has 1 saturated heterocycles. The maximum Gasteiger partial charge on any atom is 0.274 e. The molecule has 0 saturated carbocycles. The van der Waals surface area contributed by atoms with E-state index in [4.69, 9.17) is 0 Å².